The van der Waals surface area contributed by atoms with Crippen molar-refractivity contribution in [2.45, 2.75) is 57.5 Å². The molecule has 0 heterocycles. The number of methoxy groups -OCH3 is 1. The van der Waals surface area contributed by atoms with Gasteiger partial charge in [0.25, 0.3) is 0 Å². The Hall–Kier alpha value is -1.36. The lowest BCUT2D eigenvalue weighted by atomic mass is 9.90. The molecule has 0 bridgehead atoms. The predicted molar refractivity (Wildman–Crippen MR) is 78.2 cm³/mol. The number of ether oxygens (including phenoxy) is 1. The third-order valence-corrected chi connectivity index (χ3v) is 4.13. The van der Waals surface area contributed by atoms with Crippen LogP contribution >= 0.6 is 0 Å². The van der Waals surface area contributed by atoms with Crippen LogP contribution in [0.3, 0.4) is 0 Å². The Balaban J connectivity index is 2.21. The molecule has 3 atom stereocenters. The summed E-state index contributed by atoms with van der Waals surface area (Å²) >= 11 is 0. The van der Waals surface area contributed by atoms with Crippen LogP contribution in [0.25, 0.3) is 0 Å². The van der Waals surface area contributed by atoms with Crippen molar-refractivity contribution in [1.29, 1.82) is 0 Å². The molecule has 120 valence electrons. The van der Waals surface area contributed by atoms with Gasteiger partial charge in [-0.15, -0.1) is 0 Å². The number of hydrogen-bond acceptors (Lipinski definition) is 5. The average Bonchev–Trinajstić information content (AvgIpc) is 2.90. The molecule has 5 heteroatoms. The van der Waals surface area contributed by atoms with Crippen LogP contribution in [0.2, 0.25) is 0 Å². The maximum Gasteiger partial charge on any atom is 0.305 e. The molecule has 1 aliphatic carbocycles. The van der Waals surface area contributed by atoms with E-state index in [1.165, 1.54) is 13.4 Å². The maximum atomic E-state index is 11.1. The Morgan fingerprint density at radius 2 is 2.00 bits per heavy atom. The molecule has 3 unspecified atom stereocenters. The monoisotopic (exact) mass is 298 g/mol. The molecule has 0 saturated heterocycles. The second-order valence-electron chi connectivity index (χ2n) is 5.47. The third-order valence-electron chi connectivity index (χ3n) is 4.13. The highest BCUT2D eigenvalue weighted by atomic mass is 17.2. The Bertz CT molecular complexity index is 329. The molecule has 5 nitrogen and oxygen atoms in total. The number of esters is 1. The molecule has 21 heavy (non-hydrogen) atoms. The quantitative estimate of drug-likeness (QED) is 0.146. The van der Waals surface area contributed by atoms with Gasteiger partial charge in [0.2, 0.25) is 0 Å². The van der Waals surface area contributed by atoms with Gasteiger partial charge in [-0.3, -0.25) is 4.79 Å². The summed E-state index contributed by atoms with van der Waals surface area (Å²) in [7, 11) is 1.41. The van der Waals surface area contributed by atoms with E-state index in [-0.39, 0.29) is 23.9 Å². The van der Waals surface area contributed by atoms with E-state index < -0.39 is 0 Å². The van der Waals surface area contributed by atoms with Crippen molar-refractivity contribution in [3.63, 3.8) is 0 Å². The van der Waals surface area contributed by atoms with Gasteiger partial charge in [-0.05, 0) is 31.6 Å². The minimum atomic E-state index is -0.151. The zero-order valence-electron chi connectivity index (χ0n) is 12.8. The normalized spacial score (nSPS) is 24.5. The summed E-state index contributed by atoms with van der Waals surface area (Å²) in [4.78, 5) is 32.2. The molecule has 1 fully saturated rings. The summed E-state index contributed by atoms with van der Waals surface area (Å²) in [6.45, 7) is 3.45. The lowest BCUT2D eigenvalue weighted by Gasteiger charge is -2.20. The van der Waals surface area contributed by atoms with Crippen LogP contribution in [0.5, 0.6) is 0 Å². The smallest absolute Gasteiger partial charge is 0.305 e. The summed E-state index contributed by atoms with van der Waals surface area (Å²) in [5.41, 5.74) is 0. The second kappa shape index (κ2) is 10.4. The number of hydrogen-bond donors (Lipinski definition) is 0. The molecule has 0 aromatic carbocycles. The first kappa shape index (κ1) is 17.7. The van der Waals surface area contributed by atoms with Crippen molar-refractivity contribution in [2.75, 3.05) is 7.11 Å². The second-order valence-corrected chi connectivity index (χ2v) is 5.47. The summed E-state index contributed by atoms with van der Waals surface area (Å²) in [5, 5.41) is 0. The molecule has 1 saturated carbocycles. The van der Waals surface area contributed by atoms with Gasteiger partial charge in [0.15, 0.2) is 0 Å². The van der Waals surface area contributed by atoms with Gasteiger partial charge in [-0.2, -0.15) is 4.89 Å². The molecule has 0 spiro atoms. The van der Waals surface area contributed by atoms with Gasteiger partial charge in [-0.1, -0.05) is 25.8 Å². The lowest BCUT2D eigenvalue weighted by Crippen LogP contribution is -2.22. The zero-order valence-corrected chi connectivity index (χ0v) is 12.8. The van der Waals surface area contributed by atoms with E-state index in [4.69, 9.17) is 9.78 Å². The molecule has 1 aliphatic rings. The van der Waals surface area contributed by atoms with Crippen LogP contribution in [0.1, 0.15) is 51.4 Å². The SMILES string of the molecule is C=COOC1CCC(C=O)C1CCCCCCC(=O)OC. The maximum absolute atomic E-state index is 11.1. The highest BCUT2D eigenvalue weighted by Crippen LogP contribution is 2.36. The molecule has 0 N–H and O–H groups in total. The van der Waals surface area contributed by atoms with Gasteiger partial charge in [0, 0.05) is 12.3 Å². The molecule has 0 aromatic heterocycles. The summed E-state index contributed by atoms with van der Waals surface area (Å²) in [6.07, 6.45) is 9.37. The third kappa shape index (κ3) is 6.29. The molecule has 0 amide bonds. The van der Waals surface area contributed by atoms with Crippen molar-refractivity contribution >= 4 is 12.3 Å². The van der Waals surface area contributed by atoms with Crippen molar-refractivity contribution in [2.24, 2.45) is 11.8 Å². The highest BCUT2D eigenvalue weighted by molar-refractivity contribution is 5.68. The Labute approximate surface area is 126 Å². The van der Waals surface area contributed by atoms with Gasteiger partial charge < -0.3 is 14.4 Å². The summed E-state index contributed by atoms with van der Waals surface area (Å²) in [6, 6.07) is 0. The first-order valence-electron chi connectivity index (χ1n) is 7.68. The van der Waals surface area contributed by atoms with Gasteiger partial charge >= 0.3 is 5.97 Å². The fraction of sp³-hybridized carbons (Fsp3) is 0.750. The number of unbranched alkanes of at least 4 members (excludes halogenated alkanes) is 3. The van der Waals surface area contributed by atoms with E-state index in [1.807, 2.05) is 0 Å². The van der Waals surface area contributed by atoms with E-state index >= 15 is 0 Å². The number of rotatable bonds is 11. The predicted octanol–water partition coefficient (Wildman–Crippen LogP) is 3.19. The number of carbonyl (C=O) groups is 2. The van der Waals surface area contributed by atoms with E-state index in [2.05, 4.69) is 11.3 Å². The zero-order chi connectivity index (χ0) is 15.5. The minimum absolute atomic E-state index is 0.0201. The van der Waals surface area contributed by atoms with Crippen LogP contribution in [0.4, 0.5) is 0 Å². The van der Waals surface area contributed by atoms with Crippen LogP contribution in [-0.2, 0) is 24.1 Å². The largest absolute Gasteiger partial charge is 0.469 e. The van der Waals surface area contributed by atoms with Gasteiger partial charge in [0.05, 0.1) is 7.11 Å². The topological polar surface area (TPSA) is 61.8 Å². The standard InChI is InChI=1S/C16H26O5/c1-3-20-21-15-11-10-13(12-17)14(15)8-6-4-5-7-9-16(18)19-2/h3,12-15H,1,4-11H2,2H3. The highest BCUT2D eigenvalue weighted by Gasteiger charge is 2.37. The van der Waals surface area contributed by atoms with Crippen molar-refractivity contribution in [1.82, 2.24) is 0 Å². The Morgan fingerprint density at radius 3 is 2.67 bits per heavy atom. The van der Waals surface area contributed by atoms with Gasteiger partial charge in [-0.25, -0.2) is 0 Å². The van der Waals surface area contributed by atoms with Crippen LogP contribution in [-0.4, -0.2) is 25.5 Å². The minimum Gasteiger partial charge on any atom is -0.469 e. The fourth-order valence-electron chi connectivity index (χ4n) is 2.96. The van der Waals surface area contributed by atoms with E-state index in [1.54, 1.807) is 0 Å². The molecule has 0 aliphatic heterocycles. The molecular weight excluding hydrogens is 272 g/mol. The van der Waals surface area contributed by atoms with Crippen LogP contribution in [0, 0.1) is 11.8 Å². The Kier molecular flexibility index (Phi) is 8.74. The van der Waals surface area contributed by atoms with Crippen molar-refractivity contribution < 1.29 is 24.1 Å². The fourth-order valence-corrected chi connectivity index (χ4v) is 2.96. The molecule has 0 aromatic rings. The first-order chi connectivity index (χ1) is 10.2. The Morgan fingerprint density at radius 1 is 1.24 bits per heavy atom. The first-order valence-corrected chi connectivity index (χ1v) is 7.68. The van der Waals surface area contributed by atoms with Crippen molar-refractivity contribution in [3.8, 4) is 0 Å². The van der Waals surface area contributed by atoms with Crippen LogP contribution < -0.4 is 0 Å². The van der Waals surface area contributed by atoms with E-state index in [9.17, 15) is 9.59 Å². The summed E-state index contributed by atoms with van der Waals surface area (Å²) < 4.78 is 4.60. The average molecular weight is 298 g/mol. The van der Waals surface area contributed by atoms with Crippen molar-refractivity contribution in [3.05, 3.63) is 12.8 Å². The molecule has 1 rings (SSSR count). The van der Waals surface area contributed by atoms with Gasteiger partial charge in [0.1, 0.15) is 18.7 Å². The van der Waals surface area contributed by atoms with E-state index in [0.717, 1.165) is 51.2 Å². The number of carbonyl (C=O) groups excluding carboxylic acids is 2. The van der Waals surface area contributed by atoms with E-state index in [0.29, 0.717) is 6.42 Å². The number of aldehydes is 1. The van der Waals surface area contributed by atoms with Crippen LogP contribution in [0.15, 0.2) is 12.8 Å². The molecular formula is C16H26O5. The summed E-state index contributed by atoms with van der Waals surface area (Å²) in [5.74, 6) is 0.142. The molecule has 0 radical (unpaired) electrons. The lowest BCUT2D eigenvalue weighted by molar-refractivity contribution is -0.291.